The number of aromatic amines is 1. The maximum atomic E-state index is 15.0. The number of carbonyl (C=O) groups is 1. The van der Waals surface area contributed by atoms with Crippen LogP contribution in [0, 0.1) is 18.6 Å². The van der Waals surface area contributed by atoms with Gasteiger partial charge in [0.15, 0.2) is 5.65 Å². The summed E-state index contributed by atoms with van der Waals surface area (Å²) in [7, 11) is 0. The van der Waals surface area contributed by atoms with Gasteiger partial charge in [0, 0.05) is 41.3 Å². The van der Waals surface area contributed by atoms with E-state index in [1.54, 1.807) is 36.7 Å². The molecule has 0 aliphatic rings. The summed E-state index contributed by atoms with van der Waals surface area (Å²) in [5, 5.41) is 6.64. The highest BCUT2D eigenvalue weighted by Crippen LogP contribution is 2.32. The van der Waals surface area contributed by atoms with Crippen LogP contribution in [-0.2, 0) is 17.8 Å². The lowest BCUT2D eigenvalue weighted by molar-refractivity contribution is -0.115. The quantitative estimate of drug-likeness (QED) is 0.191. The maximum absolute atomic E-state index is 15.0. The third-order valence-electron chi connectivity index (χ3n) is 6.81. The van der Waals surface area contributed by atoms with Crippen LogP contribution in [0.3, 0.4) is 0 Å². The number of anilines is 2. The molecule has 0 fully saturated rings. The van der Waals surface area contributed by atoms with E-state index >= 15 is 0 Å². The van der Waals surface area contributed by atoms with Crippen molar-refractivity contribution in [3.05, 3.63) is 123 Å². The molecular weight excluding hydrogens is 590 g/mol. The standard InChI is InChI=1S/C31H23ClF2N8O2/c1-17-5-7-19(39-26(43)13-18-6-9-24(32)37-15-18)14-21(17)28-20-8-10-27(44)42(29-22(33)3-2-4-23(29)34)30(20)41-31(40-28)38-16-25-35-11-12-36-25/h2-12,14-15H,13,16H2,1H3,(H,35,36)(H,39,43)(H,38,40,41). The molecule has 0 spiro atoms. The van der Waals surface area contributed by atoms with Crippen molar-refractivity contribution in [2.24, 2.45) is 0 Å². The summed E-state index contributed by atoms with van der Waals surface area (Å²) in [4.78, 5) is 46.4. The fourth-order valence-electron chi connectivity index (χ4n) is 4.73. The molecule has 4 heterocycles. The second-order valence-electron chi connectivity index (χ2n) is 9.84. The first-order chi connectivity index (χ1) is 21.3. The van der Waals surface area contributed by atoms with Crippen molar-refractivity contribution in [3.8, 4) is 16.9 Å². The van der Waals surface area contributed by atoms with Gasteiger partial charge in [-0.2, -0.15) is 4.98 Å². The van der Waals surface area contributed by atoms with Gasteiger partial charge in [0.2, 0.25) is 11.9 Å². The van der Waals surface area contributed by atoms with Crippen LogP contribution < -0.4 is 16.2 Å². The van der Waals surface area contributed by atoms with Gasteiger partial charge in [0.25, 0.3) is 5.56 Å². The normalized spacial score (nSPS) is 11.1. The lowest BCUT2D eigenvalue weighted by Crippen LogP contribution is -2.21. The summed E-state index contributed by atoms with van der Waals surface area (Å²) in [6.07, 6.45) is 4.86. The number of carbonyl (C=O) groups excluding carboxylic acids is 1. The van der Waals surface area contributed by atoms with Crippen LogP contribution in [0.2, 0.25) is 5.15 Å². The van der Waals surface area contributed by atoms with E-state index in [2.05, 4.69) is 30.6 Å². The Morgan fingerprint density at radius 2 is 1.84 bits per heavy atom. The maximum Gasteiger partial charge on any atom is 0.256 e. The van der Waals surface area contributed by atoms with E-state index in [-0.39, 0.29) is 30.5 Å². The lowest BCUT2D eigenvalue weighted by Gasteiger charge is -2.16. The molecular formula is C31H23ClF2N8O2. The molecule has 2 aromatic carbocycles. The number of nitrogens with zero attached hydrogens (tertiary/aromatic N) is 5. The Labute approximate surface area is 253 Å². The molecule has 0 aliphatic carbocycles. The number of rotatable bonds is 8. The molecule has 0 atom stereocenters. The van der Waals surface area contributed by atoms with Crippen molar-refractivity contribution < 1.29 is 13.6 Å². The van der Waals surface area contributed by atoms with Gasteiger partial charge < -0.3 is 15.6 Å². The number of halogens is 3. The zero-order chi connectivity index (χ0) is 30.8. The first-order valence-electron chi connectivity index (χ1n) is 13.4. The minimum Gasteiger partial charge on any atom is -0.347 e. The predicted molar refractivity (Wildman–Crippen MR) is 163 cm³/mol. The van der Waals surface area contributed by atoms with Gasteiger partial charge in [-0.15, -0.1) is 0 Å². The van der Waals surface area contributed by atoms with E-state index in [9.17, 15) is 18.4 Å². The molecule has 0 unspecified atom stereocenters. The minimum atomic E-state index is -0.929. The number of amides is 1. The molecule has 1 amide bonds. The van der Waals surface area contributed by atoms with E-state index in [4.69, 9.17) is 16.6 Å². The molecule has 4 aromatic heterocycles. The van der Waals surface area contributed by atoms with Crippen LogP contribution in [0.5, 0.6) is 0 Å². The fraction of sp³-hybridized carbons (Fsp3) is 0.0968. The van der Waals surface area contributed by atoms with E-state index < -0.39 is 22.9 Å². The van der Waals surface area contributed by atoms with E-state index in [0.717, 1.165) is 22.3 Å². The molecule has 6 aromatic rings. The third kappa shape index (κ3) is 5.88. The summed E-state index contributed by atoms with van der Waals surface area (Å²) >= 11 is 5.85. The molecule has 220 valence electrons. The topological polar surface area (TPSA) is 130 Å². The van der Waals surface area contributed by atoms with Crippen molar-refractivity contribution in [1.82, 2.24) is 29.5 Å². The molecule has 3 N–H and O–H groups in total. The van der Waals surface area contributed by atoms with Crippen molar-refractivity contribution in [2.45, 2.75) is 19.9 Å². The van der Waals surface area contributed by atoms with E-state index in [0.29, 0.717) is 38.9 Å². The zero-order valence-corrected chi connectivity index (χ0v) is 23.9. The monoisotopic (exact) mass is 612 g/mol. The largest absolute Gasteiger partial charge is 0.347 e. The smallest absolute Gasteiger partial charge is 0.256 e. The van der Waals surface area contributed by atoms with Crippen molar-refractivity contribution in [3.63, 3.8) is 0 Å². The van der Waals surface area contributed by atoms with Gasteiger partial charge in [-0.25, -0.2) is 23.7 Å². The zero-order valence-electron chi connectivity index (χ0n) is 23.1. The molecule has 0 bridgehead atoms. The van der Waals surface area contributed by atoms with Gasteiger partial charge in [-0.3, -0.25) is 14.2 Å². The number of benzene rings is 2. The number of fused-ring (bicyclic) bond motifs is 1. The number of pyridine rings is 2. The molecule has 6 rings (SSSR count). The summed E-state index contributed by atoms with van der Waals surface area (Å²) < 4.78 is 30.9. The van der Waals surface area contributed by atoms with Crippen LogP contribution in [0.4, 0.5) is 20.4 Å². The van der Waals surface area contributed by atoms with Crippen LogP contribution in [0.1, 0.15) is 17.0 Å². The Balaban J connectivity index is 1.47. The summed E-state index contributed by atoms with van der Waals surface area (Å²) in [5.74, 6) is -1.45. The molecule has 0 saturated heterocycles. The molecule has 0 radical (unpaired) electrons. The van der Waals surface area contributed by atoms with Crippen LogP contribution in [0.25, 0.3) is 28.0 Å². The molecule has 44 heavy (non-hydrogen) atoms. The summed E-state index contributed by atoms with van der Waals surface area (Å²) in [6.45, 7) is 2.06. The SMILES string of the molecule is Cc1ccc(NC(=O)Cc2ccc(Cl)nc2)cc1-c1nc(NCc2ncc[nH]2)nc2c1ccc(=O)n2-c1c(F)cccc1F. The van der Waals surface area contributed by atoms with Crippen LogP contribution >= 0.6 is 11.6 Å². The molecule has 13 heteroatoms. The van der Waals surface area contributed by atoms with Gasteiger partial charge in [0.1, 0.15) is 28.3 Å². The highest BCUT2D eigenvalue weighted by molar-refractivity contribution is 6.29. The lowest BCUT2D eigenvalue weighted by atomic mass is 10.0. The number of aryl methyl sites for hydroxylation is 1. The summed E-state index contributed by atoms with van der Waals surface area (Å²) in [6, 6.07) is 14.7. The highest BCUT2D eigenvalue weighted by Gasteiger charge is 2.21. The van der Waals surface area contributed by atoms with Gasteiger partial charge in [-0.05, 0) is 54.4 Å². The average Bonchev–Trinajstić information content (AvgIpc) is 3.53. The number of imidazole rings is 1. The molecule has 10 nitrogen and oxygen atoms in total. The van der Waals surface area contributed by atoms with Crippen LogP contribution in [0.15, 0.2) is 84.0 Å². The Morgan fingerprint density at radius 3 is 2.57 bits per heavy atom. The van der Waals surface area contributed by atoms with Crippen LogP contribution in [-0.4, -0.2) is 35.4 Å². The predicted octanol–water partition coefficient (Wildman–Crippen LogP) is 5.60. The number of hydrogen-bond donors (Lipinski definition) is 3. The third-order valence-corrected chi connectivity index (χ3v) is 7.03. The Hall–Kier alpha value is -5.49. The number of nitrogens with one attached hydrogen (secondary N) is 3. The van der Waals surface area contributed by atoms with E-state index in [1.807, 2.05) is 13.0 Å². The van der Waals surface area contributed by atoms with Crippen molar-refractivity contribution in [2.75, 3.05) is 10.6 Å². The number of H-pyrrole nitrogens is 1. The Kier molecular flexibility index (Phi) is 7.82. The van der Waals surface area contributed by atoms with E-state index in [1.165, 1.54) is 24.4 Å². The molecule has 0 aliphatic heterocycles. The second kappa shape index (κ2) is 12.0. The second-order valence-corrected chi connectivity index (χ2v) is 10.2. The first kappa shape index (κ1) is 28.6. The average molecular weight is 613 g/mol. The Morgan fingerprint density at radius 1 is 1.02 bits per heavy atom. The Bertz CT molecular complexity index is 2050. The number of para-hydroxylation sites is 1. The minimum absolute atomic E-state index is 0.0162. The van der Waals surface area contributed by atoms with Gasteiger partial charge in [0.05, 0.1) is 18.7 Å². The number of aromatic nitrogens is 6. The first-order valence-corrected chi connectivity index (χ1v) is 13.8. The van der Waals surface area contributed by atoms with Gasteiger partial charge >= 0.3 is 0 Å². The van der Waals surface area contributed by atoms with Gasteiger partial charge in [-0.1, -0.05) is 29.8 Å². The highest BCUT2D eigenvalue weighted by atomic mass is 35.5. The number of hydrogen-bond acceptors (Lipinski definition) is 7. The molecule has 0 saturated carbocycles. The van der Waals surface area contributed by atoms with Crippen molar-refractivity contribution in [1.29, 1.82) is 0 Å². The fourth-order valence-corrected chi connectivity index (χ4v) is 4.84. The summed E-state index contributed by atoms with van der Waals surface area (Å²) in [5.41, 5.74) is 1.68. The van der Waals surface area contributed by atoms with Crippen molar-refractivity contribution >= 4 is 40.2 Å².